The second-order valence-corrected chi connectivity index (χ2v) is 13.1. The number of nitrogens with two attached hydrogens (primary N) is 1. The van der Waals surface area contributed by atoms with Crippen molar-refractivity contribution in [1.82, 2.24) is 23.9 Å². The fourth-order valence-electron chi connectivity index (χ4n) is 5.53. The van der Waals surface area contributed by atoms with Crippen LogP contribution >= 0.6 is 7.75 Å². The molecule has 7 N–H and O–H groups in total. The molecule has 2 aromatic carbocycles. The molecule has 0 amide bonds. The Hall–Kier alpha value is -5.43. The van der Waals surface area contributed by atoms with Gasteiger partial charge in [-0.25, -0.2) is 13.9 Å². The van der Waals surface area contributed by atoms with Gasteiger partial charge in [0.1, 0.15) is 18.2 Å². The summed E-state index contributed by atoms with van der Waals surface area (Å²) >= 11 is 0. The number of benzene rings is 2. The van der Waals surface area contributed by atoms with Gasteiger partial charge in [0.2, 0.25) is 5.95 Å². The molecule has 5 aromatic rings. The summed E-state index contributed by atoms with van der Waals surface area (Å²) in [6, 6.07) is 15.2. The number of aliphatic hydroxyl groups is 1. The molecule has 0 bridgehead atoms. The van der Waals surface area contributed by atoms with Gasteiger partial charge < -0.3 is 40.4 Å². The molecule has 6 rings (SSSR count). The molecule has 17 heteroatoms. The van der Waals surface area contributed by atoms with Gasteiger partial charge in [0.05, 0.1) is 30.1 Å². The predicted molar refractivity (Wildman–Crippen MR) is 185 cm³/mol. The molecular weight excluding hydrogens is 667 g/mol. The Morgan fingerprint density at radius 1 is 1.24 bits per heavy atom. The summed E-state index contributed by atoms with van der Waals surface area (Å²) in [5.41, 5.74) is 8.91. The van der Waals surface area contributed by atoms with Crippen LogP contribution in [0.5, 0.6) is 0 Å². The van der Waals surface area contributed by atoms with Gasteiger partial charge in [-0.15, -0.1) is 0 Å². The van der Waals surface area contributed by atoms with Crippen molar-refractivity contribution in [3.05, 3.63) is 94.4 Å². The topological polar surface area (TPSA) is 221 Å². The molecule has 1 aliphatic rings. The van der Waals surface area contributed by atoms with E-state index in [4.69, 9.17) is 19.7 Å². The summed E-state index contributed by atoms with van der Waals surface area (Å²) < 4.78 is 31.9. The van der Waals surface area contributed by atoms with E-state index in [2.05, 4.69) is 37.4 Å². The lowest BCUT2D eigenvalue weighted by atomic mass is 10.1. The molecule has 0 saturated carbocycles. The highest BCUT2D eigenvalue weighted by molar-refractivity contribution is 7.51. The van der Waals surface area contributed by atoms with Gasteiger partial charge in [-0.2, -0.15) is 4.98 Å². The standard InChI is InChI=1S/C33H35N8O8P/c1-20-36-12-13-41(20)50(45,46)48-19-27-26(42)17-28(49-27)40-18-22(30-31(40)38-33(34)39-32(30)44)7-6-14-47-29(43)15-21-10-11-24(35-2)16-25(21)37-23-8-4-3-5-9-23/h3-5,8-13,16,18,26-28,35,37,42H,14-15,17,19H2,1-2H3,(H,45,46)(H3,34,38,39,44)/t26-,27-,28-/m1/s1. The van der Waals surface area contributed by atoms with Crippen LogP contribution in [0.15, 0.2) is 71.9 Å². The smallest absolute Gasteiger partial charge is 0.437 e. The van der Waals surface area contributed by atoms with Gasteiger partial charge in [0, 0.05) is 49.1 Å². The number of esters is 1. The number of hydrogen-bond acceptors (Lipinski definition) is 12. The summed E-state index contributed by atoms with van der Waals surface area (Å²) in [7, 11) is -2.49. The number of ether oxygens (including phenoxy) is 2. The van der Waals surface area contributed by atoms with Crippen molar-refractivity contribution < 1.29 is 33.4 Å². The molecule has 3 aromatic heterocycles. The number of anilines is 4. The second kappa shape index (κ2) is 14.6. The number of para-hydroxylation sites is 1. The molecule has 1 unspecified atom stereocenters. The number of aryl methyl sites for hydroxylation is 1. The van der Waals surface area contributed by atoms with E-state index >= 15 is 0 Å². The van der Waals surface area contributed by atoms with Crippen LogP contribution in [-0.2, 0) is 29.8 Å². The number of carbonyl (C=O) groups is 1. The Balaban J connectivity index is 1.14. The molecular formula is C33H35N8O8P. The first-order valence-corrected chi connectivity index (χ1v) is 17.0. The van der Waals surface area contributed by atoms with Crippen LogP contribution < -0.4 is 21.9 Å². The van der Waals surface area contributed by atoms with Gasteiger partial charge in [-0.3, -0.25) is 19.1 Å². The lowest BCUT2D eigenvalue weighted by Gasteiger charge is -2.19. The summed E-state index contributed by atoms with van der Waals surface area (Å²) in [5.74, 6) is 5.28. The number of nitrogen functional groups attached to an aromatic ring is 1. The van der Waals surface area contributed by atoms with Gasteiger partial charge in [0.15, 0.2) is 12.3 Å². The number of aromatic nitrogens is 5. The third-order valence-electron chi connectivity index (χ3n) is 8.01. The highest BCUT2D eigenvalue weighted by atomic mass is 31.2. The molecule has 4 heterocycles. The minimum Gasteiger partial charge on any atom is -0.452 e. The molecule has 16 nitrogen and oxygen atoms in total. The van der Waals surface area contributed by atoms with E-state index in [1.165, 1.54) is 23.2 Å². The molecule has 0 spiro atoms. The molecule has 50 heavy (non-hydrogen) atoms. The van der Waals surface area contributed by atoms with Crippen molar-refractivity contribution in [2.24, 2.45) is 0 Å². The Bertz CT molecular complexity index is 2190. The average Bonchev–Trinajstić information content (AvgIpc) is 3.80. The first kappa shape index (κ1) is 34.4. The third-order valence-corrected chi connectivity index (χ3v) is 9.46. The average molecular weight is 703 g/mol. The lowest BCUT2D eigenvalue weighted by molar-refractivity contribution is -0.141. The van der Waals surface area contributed by atoms with Crippen molar-refractivity contribution >= 4 is 47.8 Å². The largest absolute Gasteiger partial charge is 0.452 e. The zero-order valence-corrected chi connectivity index (χ0v) is 28.0. The minimum absolute atomic E-state index is 0.0110. The van der Waals surface area contributed by atoms with Crippen LogP contribution in [0, 0.1) is 18.8 Å². The number of aromatic amines is 1. The van der Waals surface area contributed by atoms with E-state index in [9.17, 15) is 24.2 Å². The Morgan fingerprint density at radius 2 is 2.04 bits per heavy atom. The van der Waals surface area contributed by atoms with Crippen molar-refractivity contribution in [3.63, 3.8) is 0 Å². The lowest BCUT2D eigenvalue weighted by Crippen LogP contribution is -2.26. The Kier molecular flexibility index (Phi) is 10.0. The number of aliphatic hydroxyl groups excluding tert-OH is 1. The Morgan fingerprint density at radius 3 is 2.78 bits per heavy atom. The zero-order valence-electron chi connectivity index (χ0n) is 27.1. The van der Waals surface area contributed by atoms with E-state index in [1.54, 1.807) is 6.92 Å². The van der Waals surface area contributed by atoms with Gasteiger partial charge in [0.25, 0.3) is 5.56 Å². The maximum atomic E-state index is 13.0. The van der Waals surface area contributed by atoms with E-state index in [-0.39, 0.29) is 47.8 Å². The van der Waals surface area contributed by atoms with Crippen molar-refractivity contribution in [2.45, 2.75) is 38.2 Å². The quantitative estimate of drug-likeness (QED) is 0.0663. The fraction of sp³-hybridized carbons (Fsp3) is 0.273. The maximum absolute atomic E-state index is 13.0. The monoisotopic (exact) mass is 702 g/mol. The summed E-state index contributed by atoms with van der Waals surface area (Å²) in [6.45, 7) is 0.896. The van der Waals surface area contributed by atoms with E-state index in [0.29, 0.717) is 0 Å². The van der Waals surface area contributed by atoms with Crippen LogP contribution in [0.25, 0.3) is 11.0 Å². The van der Waals surface area contributed by atoms with Gasteiger partial charge in [-0.1, -0.05) is 36.1 Å². The Labute approximate surface area is 285 Å². The molecule has 1 aliphatic heterocycles. The second-order valence-electron chi connectivity index (χ2n) is 11.4. The molecule has 0 aliphatic carbocycles. The first-order chi connectivity index (χ1) is 24.0. The third kappa shape index (κ3) is 7.57. The first-order valence-electron chi connectivity index (χ1n) is 15.5. The number of H-pyrrole nitrogens is 1. The van der Waals surface area contributed by atoms with Crippen molar-refractivity contribution in [3.8, 4) is 11.8 Å². The maximum Gasteiger partial charge on any atom is 0.437 e. The molecule has 1 fully saturated rings. The summed E-state index contributed by atoms with van der Waals surface area (Å²) in [5, 5.41) is 17.3. The normalized spacial score (nSPS) is 18.3. The van der Waals surface area contributed by atoms with Crippen LogP contribution in [0.3, 0.4) is 0 Å². The SMILES string of the molecule is CNc1ccc(CC(=O)OCC#Cc2cn([C@H]3C[C@@H](O)[C@@H](COP(=O)(O)n4ccnc4C)O3)c3nc(N)[nH]c(=O)c23)c(Nc2ccccc2)c1. The van der Waals surface area contributed by atoms with Crippen LogP contribution in [0.2, 0.25) is 0 Å². The number of imidazole rings is 1. The van der Waals surface area contributed by atoms with Crippen LogP contribution in [0.4, 0.5) is 23.0 Å². The predicted octanol–water partition coefficient (Wildman–Crippen LogP) is 3.05. The molecule has 4 atom stereocenters. The van der Waals surface area contributed by atoms with Crippen molar-refractivity contribution in [2.75, 3.05) is 36.6 Å². The number of hydrogen-bond donors (Lipinski definition) is 6. The zero-order chi connectivity index (χ0) is 35.4. The molecule has 1 saturated heterocycles. The number of nitrogens with one attached hydrogen (secondary N) is 3. The van der Waals surface area contributed by atoms with Crippen LogP contribution in [0.1, 0.15) is 29.6 Å². The van der Waals surface area contributed by atoms with E-state index < -0.39 is 44.3 Å². The molecule has 260 valence electrons. The number of rotatable bonds is 11. The summed E-state index contributed by atoms with van der Waals surface area (Å²) in [4.78, 5) is 46.8. The number of nitrogens with zero attached hydrogens (tertiary/aromatic N) is 4. The van der Waals surface area contributed by atoms with E-state index in [1.807, 2.05) is 55.6 Å². The van der Waals surface area contributed by atoms with Crippen molar-refractivity contribution in [1.29, 1.82) is 0 Å². The summed E-state index contributed by atoms with van der Waals surface area (Å²) in [6.07, 6.45) is 1.35. The van der Waals surface area contributed by atoms with E-state index in [0.717, 1.165) is 27.0 Å². The minimum atomic E-state index is -4.30. The van der Waals surface area contributed by atoms with Gasteiger partial charge >= 0.3 is 13.7 Å². The highest BCUT2D eigenvalue weighted by Crippen LogP contribution is 2.45. The number of fused-ring (bicyclic) bond motifs is 1. The molecule has 0 radical (unpaired) electrons. The van der Waals surface area contributed by atoms with Crippen LogP contribution in [-0.4, -0.2) is 72.3 Å². The number of carbonyl (C=O) groups excluding carboxylic acids is 1. The fourth-order valence-corrected chi connectivity index (χ4v) is 6.64. The van der Waals surface area contributed by atoms with Gasteiger partial charge in [-0.05, 0) is 36.8 Å². The highest BCUT2D eigenvalue weighted by Gasteiger charge is 2.38.